The van der Waals surface area contributed by atoms with Gasteiger partial charge in [0.1, 0.15) is 18.5 Å². The van der Waals surface area contributed by atoms with Crippen LogP contribution in [-0.2, 0) is 32.1 Å². The van der Waals surface area contributed by atoms with Crippen LogP contribution in [0.15, 0.2) is 66.7 Å². The first-order valence-corrected chi connectivity index (χ1v) is 13.7. The maximum absolute atomic E-state index is 12.9. The van der Waals surface area contributed by atoms with E-state index >= 15 is 0 Å². The monoisotopic (exact) mass is 536 g/mol. The van der Waals surface area contributed by atoms with Crippen molar-refractivity contribution < 1.29 is 29.0 Å². The molecule has 0 spiro atoms. The summed E-state index contributed by atoms with van der Waals surface area (Å²) in [4.78, 5) is 37.6. The molecular formula is C31H40N2O6. The number of carbonyl (C=O) groups excluding carboxylic acids is 3. The molecule has 39 heavy (non-hydrogen) atoms. The van der Waals surface area contributed by atoms with E-state index in [1.807, 2.05) is 66.7 Å². The van der Waals surface area contributed by atoms with Gasteiger partial charge >= 0.3 is 5.97 Å². The van der Waals surface area contributed by atoms with Crippen molar-refractivity contribution in [2.75, 3.05) is 13.2 Å². The van der Waals surface area contributed by atoms with E-state index in [1.165, 1.54) is 0 Å². The number of hydrogen-bond donors (Lipinski definition) is 3. The van der Waals surface area contributed by atoms with Crippen LogP contribution in [0, 0.1) is 5.92 Å². The van der Waals surface area contributed by atoms with Gasteiger partial charge in [-0.1, -0.05) is 54.6 Å². The molecule has 0 radical (unpaired) electrons. The van der Waals surface area contributed by atoms with Crippen molar-refractivity contribution in [1.29, 1.82) is 0 Å². The second-order valence-electron chi connectivity index (χ2n) is 9.97. The number of allylic oxidation sites excluding steroid dienone is 2. The molecule has 0 saturated heterocycles. The molecule has 2 amide bonds. The molecule has 3 unspecified atom stereocenters. The van der Waals surface area contributed by atoms with Gasteiger partial charge in [0.05, 0.1) is 25.1 Å². The van der Waals surface area contributed by atoms with Crippen LogP contribution in [0.4, 0.5) is 0 Å². The first-order valence-electron chi connectivity index (χ1n) is 13.7. The van der Waals surface area contributed by atoms with Crippen LogP contribution < -0.4 is 15.4 Å². The molecule has 2 aromatic rings. The van der Waals surface area contributed by atoms with Gasteiger partial charge in [0.25, 0.3) is 0 Å². The van der Waals surface area contributed by atoms with Crippen molar-refractivity contribution in [1.82, 2.24) is 10.6 Å². The fourth-order valence-electron chi connectivity index (χ4n) is 4.33. The Morgan fingerprint density at radius 1 is 1.08 bits per heavy atom. The van der Waals surface area contributed by atoms with Gasteiger partial charge in [-0.3, -0.25) is 14.4 Å². The highest BCUT2D eigenvalue weighted by molar-refractivity contribution is 5.86. The van der Waals surface area contributed by atoms with E-state index in [0.29, 0.717) is 25.9 Å². The van der Waals surface area contributed by atoms with E-state index in [0.717, 1.165) is 36.1 Å². The Balaban J connectivity index is 1.51. The maximum Gasteiger partial charge on any atom is 0.306 e. The van der Waals surface area contributed by atoms with Crippen molar-refractivity contribution in [2.24, 2.45) is 5.92 Å². The Labute approximate surface area is 230 Å². The first kappa shape index (κ1) is 29.9. The van der Waals surface area contributed by atoms with Crippen LogP contribution in [0.5, 0.6) is 5.75 Å². The summed E-state index contributed by atoms with van der Waals surface area (Å²) in [5, 5.41) is 15.6. The van der Waals surface area contributed by atoms with Gasteiger partial charge in [0, 0.05) is 12.8 Å². The Kier molecular flexibility index (Phi) is 12.5. The van der Waals surface area contributed by atoms with E-state index in [1.54, 1.807) is 6.92 Å². The molecule has 0 saturated carbocycles. The fraction of sp³-hybridized carbons (Fsp3) is 0.452. The van der Waals surface area contributed by atoms with Crippen LogP contribution in [0.25, 0.3) is 0 Å². The standard InChI is InChI=1S/C31H40N2O6/c1-23-20-32-31(37)26(12-8-3-2-4-9-13-30(36)39-23)19-29(35)33-27(21-34)18-24-14-16-28(17-15-24)38-22-25-10-6-5-7-11-25/h3,5-8,10-11,14-17,23,26-27,34H,2,4,9,12-13,18-22H2,1H3,(H,32,37)(H,33,35). The normalized spacial score (nSPS) is 19.7. The third-order valence-electron chi connectivity index (χ3n) is 6.53. The highest BCUT2D eigenvalue weighted by Crippen LogP contribution is 2.16. The van der Waals surface area contributed by atoms with Gasteiger partial charge in [-0.15, -0.1) is 0 Å². The van der Waals surface area contributed by atoms with Crippen molar-refractivity contribution >= 4 is 17.8 Å². The van der Waals surface area contributed by atoms with E-state index in [2.05, 4.69) is 10.6 Å². The number of ether oxygens (including phenoxy) is 2. The molecule has 0 aromatic heterocycles. The Bertz CT molecular complexity index is 1070. The molecular weight excluding hydrogens is 496 g/mol. The topological polar surface area (TPSA) is 114 Å². The zero-order valence-corrected chi connectivity index (χ0v) is 22.6. The minimum Gasteiger partial charge on any atom is -0.489 e. The molecule has 3 rings (SSSR count). The summed E-state index contributed by atoms with van der Waals surface area (Å²) in [6, 6.07) is 17.0. The highest BCUT2D eigenvalue weighted by Gasteiger charge is 2.23. The van der Waals surface area contributed by atoms with Crippen molar-refractivity contribution in [3.05, 3.63) is 77.9 Å². The summed E-state index contributed by atoms with van der Waals surface area (Å²) < 4.78 is 11.2. The lowest BCUT2D eigenvalue weighted by molar-refractivity contribution is -0.148. The van der Waals surface area contributed by atoms with Crippen LogP contribution in [-0.4, -0.2) is 48.2 Å². The van der Waals surface area contributed by atoms with Gasteiger partial charge in [-0.05, 0) is 62.3 Å². The van der Waals surface area contributed by atoms with Crippen LogP contribution >= 0.6 is 0 Å². The molecule has 0 fully saturated rings. The zero-order valence-electron chi connectivity index (χ0n) is 22.6. The molecule has 210 valence electrons. The van der Waals surface area contributed by atoms with Crippen molar-refractivity contribution in [2.45, 2.75) is 70.6 Å². The number of carbonyl (C=O) groups is 3. The second-order valence-corrected chi connectivity index (χ2v) is 9.97. The van der Waals surface area contributed by atoms with Gasteiger partial charge in [-0.25, -0.2) is 0 Å². The molecule has 1 aliphatic heterocycles. The quantitative estimate of drug-likeness (QED) is 0.331. The summed E-state index contributed by atoms with van der Waals surface area (Å²) in [6.45, 7) is 2.18. The number of esters is 1. The molecule has 3 atom stereocenters. The summed E-state index contributed by atoms with van der Waals surface area (Å²) >= 11 is 0. The minimum absolute atomic E-state index is 0.00684. The molecule has 1 heterocycles. The van der Waals surface area contributed by atoms with E-state index < -0.39 is 18.1 Å². The van der Waals surface area contributed by atoms with Crippen LogP contribution in [0.2, 0.25) is 0 Å². The maximum atomic E-state index is 12.9. The number of benzene rings is 2. The zero-order chi connectivity index (χ0) is 27.9. The van der Waals surface area contributed by atoms with Gasteiger partial charge in [-0.2, -0.15) is 0 Å². The Hall–Kier alpha value is -3.65. The Morgan fingerprint density at radius 3 is 2.59 bits per heavy atom. The number of nitrogens with one attached hydrogen (secondary N) is 2. The minimum atomic E-state index is -0.563. The smallest absolute Gasteiger partial charge is 0.306 e. The number of aliphatic hydroxyl groups is 1. The van der Waals surface area contributed by atoms with E-state index in [-0.39, 0.29) is 37.4 Å². The molecule has 1 aliphatic rings. The summed E-state index contributed by atoms with van der Waals surface area (Å²) in [5.41, 5.74) is 2.03. The molecule has 0 bridgehead atoms. The van der Waals surface area contributed by atoms with Gasteiger partial charge < -0.3 is 25.2 Å². The lowest BCUT2D eigenvalue weighted by Gasteiger charge is -2.21. The SMILES string of the molecule is CC1CNC(=O)C(CC(=O)NC(CO)Cc2ccc(OCc3ccccc3)cc2)CC=CCCCCC(=O)O1. The Morgan fingerprint density at radius 2 is 1.85 bits per heavy atom. The third kappa shape index (κ3) is 11.3. The lowest BCUT2D eigenvalue weighted by Crippen LogP contribution is -2.42. The molecule has 8 nitrogen and oxygen atoms in total. The number of cyclic esters (lactones) is 1. The summed E-state index contributed by atoms with van der Waals surface area (Å²) in [5.74, 6) is -0.651. The molecule has 8 heteroatoms. The molecule has 3 N–H and O–H groups in total. The van der Waals surface area contributed by atoms with Crippen LogP contribution in [0.1, 0.15) is 56.6 Å². The highest BCUT2D eigenvalue weighted by atomic mass is 16.5. The first-order chi connectivity index (χ1) is 18.9. The molecule has 2 aromatic carbocycles. The lowest BCUT2D eigenvalue weighted by atomic mass is 9.98. The number of hydrogen-bond acceptors (Lipinski definition) is 6. The van der Waals surface area contributed by atoms with Crippen molar-refractivity contribution in [3.63, 3.8) is 0 Å². The van der Waals surface area contributed by atoms with Crippen molar-refractivity contribution in [3.8, 4) is 5.75 Å². The van der Waals surface area contributed by atoms with E-state index in [9.17, 15) is 19.5 Å². The van der Waals surface area contributed by atoms with Gasteiger partial charge in [0.15, 0.2) is 0 Å². The summed E-state index contributed by atoms with van der Waals surface area (Å²) in [7, 11) is 0. The number of rotatable bonds is 9. The number of aliphatic hydroxyl groups excluding tert-OH is 1. The van der Waals surface area contributed by atoms with Crippen LogP contribution in [0.3, 0.4) is 0 Å². The fourth-order valence-corrected chi connectivity index (χ4v) is 4.33. The molecule has 0 aliphatic carbocycles. The third-order valence-corrected chi connectivity index (χ3v) is 6.53. The number of amides is 2. The predicted molar refractivity (Wildman–Crippen MR) is 149 cm³/mol. The van der Waals surface area contributed by atoms with Gasteiger partial charge in [0.2, 0.25) is 11.8 Å². The predicted octanol–water partition coefficient (Wildman–Crippen LogP) is 3.86. The van der Waals surface area contributed by atoms with E-state index in [4.69, 9.17) is 9.47 Å². The summed E-state index contributed by atoms with van der Waals surface area (Å²) in [6.07, 6.45) is 7.12. The largest absolute Gasteiger partial charge is 0.489 e. The average Bonchev–Trinajstić information content (AvgIpc) is 2.94. The average molecular weight is 537 g/mol. The second kappa shape index (κ2) is 16.3.